The quantitative estimate of drug-likeness (QED) is 0.720. The first-order valence-corrected chi connectivity index (χ1v) is 10.9. The highest BCUT2D eigenvalue weighted by Gasteiger charge is 2.40. The first kappa shape index (κ1) is 21.9. The average molecular weight is 435 g/mol. The molecule has 30 heavy (non-hydrogen) atoms. The molecule has 0 radical (unpaired) electrons. The van der Waals surface area contributed by atoms with Crippen LogP contribution in [0.3, 0.4) is 0 Å². The summed E-state index contributed by atoms with van der Waals surface area (Å²) < 4.78 is 43.7. The summed E-state index contributed by atoms with van der Waals surface area (Å²) in [6.45, 7) is 1.99. The van der Waals surface area contributed by atoms with Crippen molar-refractivity contribution in [2.75, 3.05) is 33.2 Å². The number of rotatable bonds is 7. The van der Waals surface area contributed by atoms with E-state index in [1.54, 1.807) is 37.3 Å². The van der Waals surface area contributed by atoms with Crippen molar-refractivity contribution in [3.63, 3.8) is 0 Å². The summed E-state index contributed by atoms with van der Waals surface area (Å²) in [6.07, 6.45) is 1.02. The number of amides is 1. The fourth-order valence-electron chi connectivity index (χ4n) is 3.53. The third-order valence-corrected chi connectivity index (χ3v) is 7.20. The molecule has 0 bridgehead atoms. The molecule has 1 heterocycles. The number of methoxy groups -OCH3 is 3. The van der Waals surface area contributed by atoms with Gasteiger partial charge in [0.25, 0.3) is 0 Å². The van der Waals surface area contributed by atoms with Crippen molar-refractivity contribution in [3.8, 4) is 17.2 Å². The van der Waals surface area contributed by atoms with E-state index in [2.05, 4.69) is 5.32 Å². The predicted molar refractivity (Wildman–Crippen MR) is 113 cm³/mol. The van der Waals surface area contributed by atoms with Gasteiger partial charge in [0.05, 0.1) is 31.9 Å². The zero-order valence-electron chi connectivity index (χ0n) is 17.5. The Morgan fingerprint density at radius 3 is 2.37 bits per heavy atom. The summed E-state index contributed by atoms with van der Waals surface area (Å²) >= 11 is 0. The lowest BCUT2D eigenvalue weighted by molar-refractivity contribution is -0.119. The molecule has 1 atom stereocenters. The molecule has 1 amide bonds. The van der Waals surface area contributed by atoms with Gasteiger partial charge >= 0.3 is 0 Å². The van der Waals surface area contributed by atoms with E-state index in [1.165, 1.54) is 31.7 Å². The molecule has 9 heteroatoms. The van der Waals surface area contributed by atoms with Gasteiger partial charge in [0.15, 0.2) is 0 Å². The van der Waals surface area contributed by atoms with Crippen LogP contribution in [0.1, 0.15) is 18.4 Å². The van der Waals surface area contributed by atoms with Crippen LogP contribution < -0.4 is 19.5 Å². The third-order valence-electron chi connectivity index (χ3n) is 5.15. The molecule has 1 saturated heterocycles. The number of sulfonamides is 1. The summed E-state index contributed by atoms with van der Waals surface area (Å²) in [4.78, 5) is 13.2. The van der Waals surface area contributed by atoms with E-state index in [-0.39, 0.29) is 11.4 Å². The molecule has 1 aliphatic heterocycles. The van der Waals surface area contributed by atoms with Gasteiger partial charge in [-0.25, -0.2) is 8.42 Å². The maximum Gasteiger partial charge on any atom is 0.244 e. The second kappa shape index (κ2) is 8.93. The molecule has 0 aliphatic carbocycles. The summed E-state index contributed by atoms with van der Waals surface area (Å²) in [5, 5.41) is 2.79. The van der Waals surface area contributed by atoms with E-state index in [9.17, 15) is 13.2 Å². The van der Waals surface area contributed by atoms with E-state index in [0.717, 1.165) is 0 Å². The van der Waals surface area contributed by atoms with E-state index in [4.69, 9.17) is 14.2 Å². The van der Waals surface area contributed by atoms with Crippen molar-refractivity contribution in [2.45, 2.75) is 30.7 Å². The molecule has 0 spiro atoms. The van der Waals surface area contributed by atoms with Crippen LogP contribution in [0.15, 0.2) is 41.3 Å². The number of ether oxygens (including phenoxy) is 3. The van der Waals surface area contributed by atoms with Crippen LogP contribution in [-0.4, -0.2) is 52.5 Å². The van der Waals surface area contributed by atoms with Gasteiger partial charge in [0.2, 0.25) is 15.9 Å². The van der Waals surface area contributed by atoms with Crippen LogP contribution in [0.2, 0.25) is 0 Å². The smallest absolute Gasteiger partial charge is 0.244 e. The monoisotopic (exact) mass is 434 g/mol. The summed E-state index contributed by atoms with van der Waals surface area (Å²) in [6, 6.07) is 9.09. The van der Waals surface area contributed by atoms with Gasteiger partial charge in [0, 0.05) is 18.7 Å². The van der Waals surface area contributed by atoms with Crippen LogP contribution >= 0.6 is 0 Å². The SMILES string of the molecule is COc1ccc(OC)c(NC(=O)[C@@H]2CCCN2S(=O)(=O)c2cc(OC)ccc2C)c1. The molecule has 1 N–H and O–H groups in total. The van der Waals surface area contributed by atoms with Crippen molar-refractivity contribution in [3.05, 3.63) is 42.0 Å². The normalized spacial score (nSPS) is 16.9. The average Bonchev–Trinajstić information content (AvgIpc) is 3.25. The Kier molecular flexibility index (Phi) is 6.52. The highest BCUT2D eigenvalue weighted by Crippen LogP contribution is 2.33. The minimum atomic E-state index is -3.88. The highest BCUT2D eigenvalue weighted by atomic mass is 32.2. The molecule has 0 unspecified atom stereocenters. The number of hydrogen-bond donors (Lipinski definition) is 1. The Bertz CT molecular complexity index is 1040. The lowest BCUT2D eigenvalue weighted by atomic mass is 10.2. The number of hydrogen-bond acceptors (Lipinski definition) is 6. The number of carbonyl (C=O) groups is 1. The lowest BCUT2D eigenvalue weighted by Gasteiger charge is -2.24. The standard InChI is InChI=1S/C21H26N2O6S/c1-14-7-8-16(28-3)13-20(14)30(25,26)23-11-5-6-18(23)21(24)22-17-12-15(27-2)9-10-19(17)29-4/h7-10,12-13,18H,5-6,11H2,1-4H3,(H,22,24)/t18-/m0/s1. The number of benzene rings is 2. The molecule has 3 rings (SSSR count). The minimum absolute atomic E-state index is 0.139. The molecular formula is C21H26N2O6S. The Hall–Kier alpha value is -2.78. The van der Waals surface area contributed by atoms with E-state index in [1.807, 2.05) is 0 Å². The molecule has 2 aromatic carbocycles. The molecule has 1 aliphatic rings. The predicted octanol–water partition coefficient (Wildman–Crippen LogP) is 2.81. The van der Waals surface area contributed by atoms with Gasteiger partial charge in [-0.15, -0.1) is 0 Å². The van der Waals surface area contributed by atoms with Crippen LogP contribution in [0.5, 0.6) is 17.2 Å². The highest BCUT2D eigenvalue weighted by molar-refractivity contribution is 7.89. The summed E-state index contributed by atoms with van der Waals surface area (Å²) in [5.41, 5.74) is 1.01. The van der Waals surface area contributed by atoms with Crippen LogP contribution in [0.25, 0.3) is 0 Å². The maximum absolute atomic E-state index is 13.4. The number of aryl methyl sites for hydroxylation is 1. The summed E-state index contributed by atoms with van der Waals surface area (Å²) in [5.74, 6) is 1.04. The van der Waals surface area contributed by atoms with Crippen molar-refractivity contribution < 1.29 is 27.4 Å². The first-order chi connectivity index (χ1) is 14.3. The Balaban J connectivity index is 1.90. The lowest BCUT2D eigenvalue weighted by Crippen LogP contribution is -2.43. The van der Waals surface area contributed by atoms with Crippen LogP contribution in [0.4, 0.5) is 5.69 Å². The molecule has 8 nitrogen and oxygen atoms in total. The Morgan fingerprint density at radius 2 is 1.70 bits per heavy atom. The van der Waals surface area contributed by atoms with E-state index >= 15 is 0 Å². The molecule has 0 aromatic heterocycles. The zero-order chi connectivity index (χ0) is 21.9. The van der Waals surface area contributed by atoms with E-state index in [0.29, 0.717) is 41.3 Å². The molecular weight excluding hydrogens is 408 g/mol. The number of carbonyl (C=O) groups excluding carboxylic acids is 1. The van der Waals surface area contributed by atoms with Gasteiger partial charge in [-0.3, -0.25) is 4.79 Å². The van der Waals surface area contributed by atoms with Crippen molar-refractivity contribution in [1.29, 1.82) is 0 Å². The van der Waals surface area contributed by atoms with Gasteiger partial charge < -0.3 is 19.5 Å². The van der Waals surface area contributed by atoms with Crippen molar-refractivity contribution >= 4 is 21.6 Å². The van der Waals surface area contributed by atoms with Gasteiger partial charge in [-0.1, -0.05) is 6.07 Å². The van der Waals surface area contributed by atoms with Gasteiger partial charge in [-0.05, 0) is 43.5 Å². The number of anilines is 1. The van der Waals surface area contributed by atoms with Crippen LogP contribution in [-0.2, 0) is 14.8 Å². The fraction of sp³-hybridized carbons (Fsp3) is 0.381. The molecule has 2 aromatic rings. The number of nitrogens with zero attached hydrogens (tertiary/aromatic N) is 1. The maximum atomic E-state index is 13.4. The molecule has 1 fully saturated rings. The van der Waals surface area contributed by atoms with Crippen LogP contribution in [0, 0.1) is 6.92 Å². The molecule has 162 valence electrons. The Labute approximate surface area is 176 Å². The Morgan fingerprint density at radius 1 is 1.03 bits per heavy atom. The topological polar surface area (TPSA) is 94.2 Å². The van der Waals surface area contributed by atoms with Crippen molar-refractivity contribution in [2.24, 2.45) is 0 Å². The van der Waals surface area contributed by atoms with E-state index < -0.39 is 22.0 Å². The molecule has 0 saturated carbocycles. The first-order valence-electron chi connectivity index (χ1n) is 9.51. The number of nitrogens with one attached hydrogen (secondary N) is 1. The summed E-state index contributed by atoms with van der Waals surface area (Å²) in [7, 11) is 0.619. The van der Waals surface area contributed by atoms with Gasteiger partial charge in [0.1, 0.15) is 23.3 Å². The van der Waals surface area contributed by atoms with Crippen molar-refractivity contribution in [1.82, 2.24) is 4.31 Å². The second-order valence-electron chi connectivity index (χ2n) is 6.96. The minimum Gasteiger partial charge on any atom is -0.497 e. The second-order valence-corrected chi connectivity index (χ2v) is 8.82. The zero-order valence-corrected chi connectivity index (χ0v) is 18.3. The third kappa shape index (κ3) is 4.22. The largest absolute Gasteiger partial charge is 0.497 e. The van der Waals surface area contributed by atoms with Gasteiger partial charge in [-0.2, -0.15) is 4.31 Å². The fourth-order valence-corrected chi connectivity index (χ4v) is 5.43.